The van der Waals surface area contributed by atoms with Crippen LogP contribution < -0.4 is 4.74 Å². The van der Waals surface area contributed by atoms with Gasteiger partial charge in [-0.25, -0.2) is 0 Å². The van der Waals surface area contributed by atoms with Gasteiger partial charge < -0.3 is 14.4 Å². The summed E-state index contributed by atoms with van der Waals surface area (Å²) in [6.45, 7) is 3.73. The Morgan fingerprint density at radius 1 is 1.42 bits per heavy atom. The lowest BCUT2D eigenvalue weighted by Gasteiger charge is -2.05. The van der Waals surface area contributed by atoms with Crippen molar-refractivity contribution in [2.24, 2.45) is 0 Å². The zero-order valence-corrected chi connectivity index (χ0v) is 11.4. The molecule has 102 valence electrons. The molecule has 0 fully saturated rings. The summed E-state index contributed by atoms with van der Waals surface area (Å²) in [4.78, 5) is 4.32. The lowest BCUT2D eigenvalue weighted by molar-refractivity contribution is 0.180. The summed E-state index contributed by atoms with van der Waals surface area (Å²) < 4.78 is 10.5. The lowest BCUT2D eigenvalue weighted by atomic mass is 10.1. The SMILES string of the molecule is COc1cc(C)ccc1-c1noc(CCC(C)O)n1. The van der Waals surface area contributed by atoms with Crippen molar-refractivity contribution in [3.8, 4) is 17.1 Å². The molecule has 5 nitrogen and oxygen atoms in total. The molecule has 0 spiro atoms. The number of aliphatic hydroxyl groups excluding tert-OH is 1. The minimum Gasteiger partial charge on any atom is -0.496 e. The van der Waals surface area contributed by atoms with Crippen molar-refractivity contribution in [3.63, 3.8) is 0 Å². The molecule has 1 N–H and O–H groups in total. The van der Waals surface area contributed by atoms with E-state index in [0.717, 1.165) is 16.9 Å². The molecule has 19 heavy (non-hydrogen) atoms. The number of aryl methyl sites for hydroxylation is 2. The maximum atomic E-state index is 9.24. The van der Waals surface area contributed by atoms with Crippen LogP contribution in [0.4, 0.5) is 0 Å². The number of hydrogen-bond donors (Lipinski definition) is 1. The largest absolute Gasteiger partial charge is 0.496 e. The highest BCUT2D eigenvalue weighted by Gasteiger charge is 2.13. The van der Waals surface area contributed by atoms with E-state index in [4.69, 9.17) is 9.26 Å². The molecule has 1 aromatic heterocycles. The molecule has 1 atom stereocenters. The van der Waals surface area contributed by atoms with E-state index < -0.39 is 0 Å². The Kier molecular flexibility index (Phi) is 4.16. The predicted octanol–water partition coefficient (Wildman–Crippen LogP) is 2.37. The fourth-order valence-electron chi connectivity index (χ4n) is 1.78. The first-order valence-electron chi connectivity index (χ1n) is 6.26. The Balaban J connectivity index is 2.22. The summed E-state index contributed by atoms with van der Waals surface area (Å²) in [6, 6.07) is 5.82. The molecule has 2 aromatic rings. The summed E-state index contributed by atoms with van der Waals surface area (Å²) in [6.07, 6.45) is 0.801. The van der Waals surface area contributed by atoms with Crippen molar-refractivity contribution in [1.82, 2.24) is 10.1 Å². The van der Waals surface area contributed by atoms with Gasteiger partial charge in [-0.1, -0.05) is 11.2 Å². The van der Waals surface area contributed by atoms with Crippen LogP contribution in [0, 0.1) is 6.92 Å². The van der Waals surface area contributed by atoms with E-state index in [1.54, 1.807) is 14.0 Å². The summed E-state index contributed by atoms with van der Waals surface area (Å²) in [5, 5.41) is 13.2. The number of rotatable bonds is 5. The first-order chi connectivity index (χ1) is 9.10. The fraction of sp³-hybridized carbons (Fsp3) is 0.429. The summed E-state index contributed by atoms with van der Waals surface area (Å²) >= 11 is 0. The number of methoxy groups -OCH3 is 1. The molecule has 0 bridgehead atoms. The molecule has 1 unspecified atom stereocenters. The third-order valence-electron chi connectivity index (χ3n) is 2.84. The quantitative estimate of drug-likeness (QED) is 0.895. The average molecular weight is 262 g/mol. The molecule has 1 heterocycles. The Morgan fingerprint density at radius 3 is 2.89 bits per heavy atom. The van der Waals surface area contributed by atoms with E-state index in [-0.39, 0.29) is 6.10 Å². The third-order valence-corrected chi connectivity index (χ3v) is 2.84. The van der Waals surface area contributed by atoms with Crippen LogP contribution in [-0.2, 0) is 6.42 Å². The number of ether oxygens (including phenoxy) is 1. The molecule has 0 amide bonds. The van der Waals surface area contributed by atoms with E-state index in [0.29, 0.717) is 24.6 Å². The second-order valence-electron chi connectivity index (χ2n) is 4.60. The number of hydrogen-bond acceptors (Lipinski definition) is 5. The van der Waals surface area contributed by atoms with Crippen LogP contribution >= 0.6 is 0 Å². The maximum Gasteiger partial charge on any atom is 0.227 e. The van der Waals surface area contributed by atoms with Gasteiger partial charge in [0.2, 0.25) is 11.7 Å². The van der Waals surface area contributed by atoms with Crippen molar-refractivity contribution in [1.29, 1.82) is 0 Å². The van der Waals surface area contributed by atoms with Crippen LogP contribution in [0.2, 0.25) is 0 Å². The van der Waals surface area contributed by atoms with Crippen molar-refractivity contribution in [2.75, 3.05) is 7.11 Å². The highest BCUT2D eigenvalue weighted by atomic mass is 16.5. The minimum atomic E-state index is -0.371. The van der Waals surface area contributed by atoms with Crippen LogP contribution in [0.5, 0.6) is 5.75 Å². The first kappa shape index (κ1) is 13.5. The first-order valence-corrected chi connectivity index (χ1v) is 6.26. The van der Waals surface area contributed by atoms with Gasteiger partial charge in [0.05, 0.1) is 18.8 Å². The monoisotopic (exact) mass is 262 g/mol. The molecular weight excluding hydrogens is 244 g/mol. The smallest absolute Gasteiger partial charge is 0.227 e. The van der Waals surface area contributed by atoms with Crippen LogP contribution in [-0.4, -0.2) is 28.5 Å². The molecule has 0 aliphatic heterocycles. The molecule has 0 aliphatic rings. The van der Waals surface area contributed by atoms with E-state index in [1.807, 2.05) is 25.1 Å². The van der Waals surface area contributed by atoms with E-state index in [9.17, 15) is 5.11 Å². The highest BCUT2D eigenvalue weighted by molar-refractivity contribution is 5.64. The highest BCUT2D eigenvalue weighted by Crippen LogP contribution is 2.28. The number of nitrogens with zero attached hydrogens (tertiary/aromatic N) is 2. The van der Waals surface area contributed by atoms with Crippen molar-refractivity contribution >= 4 is 0 Å². The zero-order valence-electron chi connectivity index (χ0n) is 11.4. The van der Waals surface area contributed by atoms with E-state index in [1.165, 1.54) is 0 Å². The molecule has 1 aromatic carbocycles. The zero-order chi connectivity index (χ0) is 13.8. The van der Waals surface area contributed by atoms with Gasteiger partial charge in [-0.2, -0.15) is 4.98 Å². The molecule has 0 saturated carbocycles. The Labute approximate surface area is 112 Å². The molecule has 0 saturated heterocycles. The summed E-state index contributed by atoms with van der Waals surface area (Å²) in [7, 11) is 1.62. The predicted molar refractivity (Wildman–Crippen MR) is 71.0 cm³/mol. The number of aromatic nitrogens is 2. The van der Waals surface area contributed by atoms with Crippen molar-refractivity contribution in [2.45, 2.75) is 32.8 Å². The molecule has 0 aliphatic carbocycles. The van der Waals surface area contributed by atoms with Gasteiger partial charge in [-0.05, 0) is 38.0 Å². The average Bonchev–Trinajstić information content (AvgIpc) is 2.84. The fourth-order valence-corrected chi connectivity index (χ4v) is 1.78. The van der Waals surface area contributed by atoms with Gasteiger partial charge in [0.1, 0.15) is 5.75 Å². The second-order valence-corrected chi connectivity index (χ2v) is 4.60. The Hall–Kier alpha value is -1.88. The van der Waals surface area contributed by atoms with Gasteiger partial charge in [-0.3, -0.25) is 0 Å². The lowest BCUT2D eigenvalue weighted by Crippen LogP contribution is -2.01. The van der Waals surface area contributed by atoms with Gasteiger partial charge in [-0.15, -0.1) is 0 Å². The van der Waals surface area contributed by atoms with Crippen LogP contribution in [0.15, 0.2) is 22.7 Å². The molecule has 0 radical (unpaired) electrons. The Bertz CT molecular complexity index is 549. The molecular formula is C14H18N2O3. The topological polar surface area (TPSA) is 68.4 Å². The normalized spacial score (nSPS) is 12.4. The second kappa shape index (κ2) is 5.84. The summed E-state index contributed by atoms with van der Waals surface area (Å²) in [5.41, 5.74) is 1.92. The van der Waals surface area contributed by atoms with Gasteiger partial charge in [0.15, 0.2) is 0 Å². The third kappa shape index (κ3) is 3.32. The van der Waals surface area contributed by atoms with Gasteiger partial charge in [0, 0.05) is 6.42 Å². The van der Waals surface area contributed by atoms with Crippen molar-refractivity contribution < 1.29 is 14.4 Å². The van der Waals surface area contributed by atoms with Crippen molar-refractivity contribution in [3.05, 3.63) is 29.7 Å². The minimum absolute atomic E-state index is 0.371. The van der Waals surface area contributed by atoms with Crippen LogP contribution in [0.3, 0.4) is 0 Å². The number of aliphatic hydroxyl groups is 1. The van der Waals surface area contributed by atoms with Crippen LogP contribution in [0.1, 0.15) is 24.8 Å². The summed E-state index contributed by atoms with van der Waals surface area (Å²) in [5.74, 6) is 1.76. The van der Waals surface area contributed by atoms with Gasteiger partial charge >= 0.3 is 0 Å². The van der Waals surface area contributed by atoms with Gasteiger partial charge in [0.25, 0.3) is 0 Å². The van der Waals surface area contributed by atoms with E-state index in [2.05, 4.69) is 10.1 Å². The standard InChI is InChI=1S/C14H18N2O3/c1-9-4-6-11(12(8-9)18-3)14-15-13(19-16-14)7-5-10(2)17/h4,6,8,10,17H,5,7H2,1-3H3. The Morgan fingerprint density at radius 2 is 2.21 bits per heavy atom. The van der Waals surface area contributed by atoms with E-state index >= 15 is 0 Å². The molecule has 5 heteroatoms. The molecule has 2 rings (SSSR count). The van der Waals surface area contributed by atoms with Crippen LogP contribution in [0.25, 0.3) is 11.4 Å². The number of benzene rings is 1. The maximum absolute atomic E-state index is 9.24.